The Morgan fingerprint density at radius 1 is 1.30 bits per heavy atom. The molecule has 1 saturated carbocycles. The van der Waals surface area contributed by atoms with Gasteiger partial charge in [-0.1, -0.05) is 0 Å². The predicted octanol–water partition coefficient (Wildman–Crippen LogP) is 1.98. The van der Waals surface area contributed by atoms with Crippen molar-refractivity contribution in [2.75, 3.05) is 44.5 Å². The molecule has 2 atom stereocenters. The van der Waals surface area contributed by atoms with E-state index in [2.05, 4.69) is 44.3 Å². The monoisotopic (exact) mass is 371 g/mol. The summed E-state index contributed by atoms with van der Waals surface area (Å²) in [5.74, 6) is 2.53. The van der Waals surface area contributed by atoms with E-state index in [9.17, 15) is 0 Å². The zero-order valence-electron chi connectivity index (χ0n) is 16.4. The summed E-state index contributed by atoms with van der Waals surface area (Å²) < 4.78 is 7.62. The molecule has 8 heteroatoms. The van der Waals surface area contributed by atoms with Gasteiger partial charge in [0.1, 0.15) is 18.0 Å². The van der Waals surface area contributed by atoms with Crippen LogP contribution in [0.1, 0.15) is 19.3 Å². The highest BCUT2D eigenvalue weighted by molar-refractivity contribution is 5.58. The molecular formula is C19H29N7O. The van der Waals surface area contributed by atoms with Gasteiger partial charge in [-0.2, -0.15) is 5.10 Å². The maximum absolute atomic E-state index is 5.61. The minimum absolute atomic E-state index is 0.238. The highest BCUT2D eigenvalue weighted by Gasteiger charge is 2.33. The average Bonchev–Trinajstić information content (AvgIpc) is 3.19. The Morgan fingerprint density at radius 3 is 2.89 bits per heavy atom. The first-order valence-electron chi connectivity index (χ1n) is 9.66. The molecule has 2 aliphatic rings. The van der Waals surface area contributed by atoms with E-state index >= 15 is 0 Å². The lowest BCUT2D eigenvalue weighted by Gasteiger charge is -2.27. The maximum Gasteiger partial charge on any atom is 0.135 e. The average molecular weight is 371 g/mol. The molecule has 2 aromatic heterocycles. The van der Waals surface area contributed by atoms with Gasteiger partial charge in [0, 0.05) is 45.0 Å². The molecule has 8 nitrogen and oxygen atoms in total. The fourth-order valence-corrected chi connectivity index (χ4v) is 3.73. The summed E-state index contributed by atoms with van der Waals surface area (Å²) in [7, 11) is 5.99. The highest BCUT2D eigenvalue weighted by Crippen LogP contribution is 2.31. The lowest BCUT2D eigenvalue weighted by molar-refractivity contribution is 0.117. The predicted molar refractivity (Wildman–Crippen MR) is 105 cm³/mol. The number of ether oxygens (including phenoxy) is 1. The summed E-state index contributed by atoms with van der Waals surface area (Å²) in [5.41, 5.74) is 0.960. The zero-order chi connectivity index (χ0) is 18.8. The fraction of sp³-hybridized carbons (Fsp3) is 0.632. The third kappa shape index (κ3) is 4.56. The molecule has 0 radical (unpaired) electrons. The minimum atomic E-state index is 0.238. The summed E-state index contributed by atoms with van der Waals surface area (Å²) >= 11 is 0. The zero-order valence-corrected chi connectivity index (χ0v) is 16.4. The molecule has 2 fully saturated rings. The van der Waals surface area contributed by atoms with Gasteiger partial charge in [-0.25, -0.2) is 9.97 Å². The number of anilines is 3. The number of aromatic nitrogens is 4. The van der Waals surface area contributed by atoms with Crippen LogP contribution >= 0.6 is 0 Å². The number of nitrogens with zero attached hydrogens (tertiary/aromatic N) is 6. The SMILES string of the molecule is CO[C@H]1C[C@@H](CN(C)C)N(c2cc(Nc3cnn(CC4CC4)c3)ncn2)C1. The molecule has 1 N–H and O–H groups in total. The third-order valence-electron chi connectivity index (χ3n) is 5.28. The molecule has 0 unspecified atom stereocenters. The van der Waals surface area contributed by atoms with Crippen LogP contribution in [0, 0.1) is 5.92 Å². The fourth-order valence-electron chi connectivity index (χ4n) is 3.73. The molecule has 3 heterocycles. The van der Waals surface area contributed by atoms with E-state index in [1.54, 1.807) is 13.4 Å². The minimum Gasteiger partial charge on any atom is -0.380 e. The normalized spacial score (nSPS) is 22.6. The highest BCUT2D eigenvalue weighted by atomic mass is 16.5. The molecular weight excluding hydrogens is 342 g/mol. The number of rotatable bonds is 8. The number of likely N-dealkylation sites (N-methyl/N-ethyl adjacent to an activating group) is 1. The molecule has 1 saturated heterocycles. The van der Waals surface area contributed by atoms with Gasteiger partial charge in [-0.05, 0) is 39.3 Å². The van der Waals surface area contributed by atoms with Crippen molar-refractivity contribution in [3.8, 4) is 0 Å². The van der Waals surface area contributed by atoms with Gasteiger partial charge < -0.3 is 19.9 Å². The molecule has 4 rings (SSSR count). The Balaban J connectivity index is 1.46. The van der Waals surface area contributed by atoms with Crippen molar-refractivity contribution in [2.24, 2.45) is 5.92 Å². The van der Waals surface area contributed by atoms with Crippen molar-refractivity contribution in [1.29, 1.82) is 0 Å². The van der Waals surface area contributed by atoms with E-state index < -0.39 is 0 Å². The van der Waals surface area contributed by atoms with E-state index in [0.717, 1.165) is 49.3 Å². The Morgan fingerprint density at radius 2 is 2.15 bits per heavy atom. The van der Waals surface area contributed by atoms with Crippen molar-refractivity contribution < 1.29 is 4.74 Å². The van der Waals surface area contributed by atoms with Crippen LogP contribution in [-0.4, -0.2) is 71.1 Å². The van der Waals surface area contributed by atoms with Crippen LogP contribution < -0.4 is 10.2 Å². The second kappa shape index (κ2) is 7.82. The van der Waals surface area contributed by atoms with E-state index in [0.29, 0.717) is 6.04 Å². The van der Waals surface area contributed by atoms with Gasteiger partial charge in [-0.15, -0.1) is 0 Å². The summed E-state index contributed by atoms with van der Waals surface area (Å²) in [4.78, 5) is 13.5. The van der Waals surface area contributed by atoms with Gasteiger partial charge in [0.15, 0.2) is 0 Å². The molecule has 146 valence electrons. The first-order chi connectivity index (χ1) is 13.1. The van der Waals surface area contributed by atoms with Gasteiger partial charge >= 0.3 is 0 Å². The van der Waals surface area contributed by atoms with Gasteiger partial charge in [0.2, 0.25) is 0 Å². The van der Waals surface area contributed by atoms with Crippen LogP contribution in [0.4, 0.5) is 17.3 Å². The second-order valence-electron chi connectivity index (χ2n) is 7.94. The molecule has 0 spiro atoms. The van der Waals surface area contributed by atoms with Crippen LogP contribution in [-0.2, 0) is 11.3 Å². The van der Waals surface area contributed by atoms with Crippen LogP contribution in [0.5, 0.6) is 0 Å². The standard InChI is InChI=1S/C19H29N7O/c1-24(2)11-16-6-17(27-3)12-26(16)19-7-18(20-13-21-19)23-15-8-22-25(10-15)9-14-4-5-14/h7-8,10,13-14,16-17H,4-6,9,11-12H2,1-3H3,(H,20,21,23)/t16-,17-/m0/s1. The Labute approximate surface area is 160 Å². The number of hydrogen-bond donors (Lipinski definition) is 1. The Kier molecular flexibility index (Phi) is 5.27. The lowest BCUT2D eigenvalue weighted by Crippen LogP contribution is -2.38. The Hall–Kier alpha value is -2.19. The summed E-state index contributed by atoms with van der Waals surface area (Å²) in [6.07, 6.45) is 9.42. The first-order valence-corrected chi connectivity index (χ1v) is 9.66. The quantitative estimate of drug-likeness (QED) is 0.761. The smallest absolute Gasteiger partial charge is 0.135 e. The van der Waals surface area contributed by atoms with Crippen LogP contribution in [0.15, 0.2) is 24.8 Å². The summed E-state index contributed by atoms with van der Waals surface area (Å²) in [6.45, 7) is 2.83. The van der Waals surface area contributed by atoms with Crippen molar-refractivity contribution in [1.82, 2.24) is 24.6 Å². The number of hydrogen-bond acceptors (Lipinski definition) is 7. The van der Waals surface area contributed by atoms with E-state index in [-0.39, 0.29) is 6.10 Å². The largest absolute Gasteiger partial charge is 0.380 e. The first kappa shape index (κ1) is 18.2. The topological polar surface area (TPSA) is 71.3 Å². The summed E-state index contributed by atoms with van der Waals surface area (Å²) in [5, 5.41) is 7.80. The summed E-state index contributed by atoms with van der Waals surface area (Å²) in [6, 6.07) is 2.40. The maximum atomic E-state index is 5.61. The van der Waals surface area contributed by atoms with Crippen molar-refractivity contribution >= 4 is 17.3 Å². The molecule has 0 aromatic carbocycles. The number of nitrogens with one attached hydrogen (secondary N) is 1. The van der Waals surface area contributed by atoms with Crippen molar-refractivity contribution in [3.05, 3.63) is 24.8 Å². The van der Waals surface area contributed by atoms with Gasteiger partial charge in [0.25, 0.3) is 0 Å². The van der Waals surface area contributed by atoms with Crippen LogP contribution in [0.25, 0.3) is 0 Å². The molecule has 0 amide bonds. The lowest BCUT2D eigenvalue weighted by atomic mass is 10.2. The van der Waals surface area contributed by atoms with Crippen molar-refractivity contribution in [2.45, 2.75) is 38.0 Å². The van der Waals surface area contributed by atoms with E-state index in [4.69, 9.17) is 4.74 Å². The number of methoxy groups -OCH3 is 1. The van der Waals surface area contributed by atoms with Gasteiger partial charge in [0.05, 0.1) is 18.0 Å². The van der Waals surface area contributed by atoms with E-state index in [1.807, 2.05) is 23.1 Å². The van der Waals surface area contributed by atoms with E-state index in [1.165, 1.54) is 12.8 Å². The Bertz CT molecular complexity index is 758. The van der Waals surface area contributed by atoms with Crippen LogP contribution in [0.3, 0.4) is 0 Å². The molecule has 1 aliphatic carbocycles. The molecule has 1 aliphatic heterocycles. The third-order valence-corrected chi connectivity index (χ3v) is 5.28. The van der Waals surface area contributed by atoms with Crippen LogP contribution in [0.2, 0.25) is 0 Å². The molecule has 0 bridgehead atoms. The van der Waals surface area contributed by atoms with Gasteiger partial charge in [-0.3, -0.25) is 4.68 Å². The molecule has 27 heavy (non-hydrogen) atoms. The molecule has 2 aromatic rings. The van der Waals surface area contributed by atoms with Crippen molar-refractivity contribution in [3.63, 3.8) is 0 Å². The second-order valence-corrected chi connectivity index (χ2v) is 7.94.